The molecule has 0 saturated carbocycles. The molecule has 0 bridgehead atoms. The zero-order valence-corrected chi connectivity index (χ0v) is 12.9. The lowest BCUT2D eigenvalue weighted by Gasteiger charge is -2.09. The average molecular weight is 342 g/mol. The van der Waals surface area contributed by atoms with Gasteiger partial charge < -0.3 is 10.3 Å². The summed E-state index contributed by atoms with van der Waals surface area (Å²) < 4.78 is 38.5. The fraction of sp³-hybridized carbons (Fsp3) is 0.111. The number of fused-ring (bicyclic) bond motifs is 2. The van der Waals surface area contributed by atoms with Gasteiger partial charge in [-0.05, 0) is 41.3 Å². The van der Waals surface area contributed by atoms with Crippen LogP contribution in [-0.4, -0.2) is 15.0 Å². The summed E-state index contributed by atoms with van der Waals surface area (Å²) in [5.74, 6) is 0.429. The van der Waals surface area contributed by atoms with Gasteiger partial charge in [-0.25, -0.2) is 4.98 Å². The van der Waals surface area contributed by atoms with Gasteiger partial charge in [-0.1, -0.05) is 12.1 Å². The van der Waals surface area contributed by atoms with Crippen LogP contribution in [0.3, 0.4) is 0 Å². The second-order valence-corrected chi connectivity index (χ2v) is 5.71. The molecule has 0 unspecified atom stereocenters. The first kappa shape index (κ1) is 15.4. The molecule has 2 heterocycles. The molecule has 4 rings (SSSR count). The van der Waals surface area contributed by atoms with Crippen LogP contribution in [0.2, 0.25) is 0 Å². The Morgan fingerprint density at radius 2 is 1.88 bits per heavy atom. The number of halogens is 3. The molecular weight excluding hydrogens is 329 g/mol. The summed E-state index contributed by atoms with van der Waals surface area (Å²) in [5, 5.41) is 4.22. The first-order valence-electron chi connectivity index (χ1n) is 7.63. The summed E-state index contributed by atoms with van der Waals surface area (Å²) >= 11 is 0. The lowest BCUT2D eigenvalue weighted by Crippen LogP contribution is -2.06. The van der Waals surface area contributed by atoms with E-state index >= 15 is 0 Å². The van der Waals surface area contributed by atoms with Gasteiger partial charge in [0.25, 0.3) is 0 Å². The van der Waals surface area contributed by atoms with Crippen molar-refractivity contribution in [2.75, 3.05) is 5.32 Å². The van der Waals surface area contributed by atoms with E-state index in [0.29, 0.717) is 17.9 Å². The highest BCUT2D eigenvalue weighted by molar-refractivity contribution is 5.80. The Morgan fingerprint density at radius 3 is 2.72 bits per heavy atom. The Balaban J connectivity index is 1.58. The highest BCUT2D eigenvalue weighted by atomic mass is 19.4. The Hall–Kier alpha value is -3.09. The fourth-order valence-electron chi connectivity index (χ4n) is 2.67. The normalized spacial score (nSPS) is 12.0. The third-order valence-electron chi connectivity index (χ3n) is 3.96. The molecule has 0 aliphatic carbocycles. The van der Waals surface area contributed by atoms with E-state index < -0.39 is 11.7 Å². The number of hydrogen-bond acceptors (Lipinski definition) is 3. The van der Waals surface area contributed by atoms with Gasteiger partial charge in [-0.15, -0.1) is 0 Å². The highest BCUT2D eigenvalue weighted by Crippen LogP contribution is 2.30. The number of benzene rings is 2. The summed E-state index contributed by atoms with van der Waals surface area (Å²) in [4.78, 5) is 11.5. The largest absolute Gasteiger partial charge is 0.416 e. The van der Waals surface area contributed by atoms with Crippen LogP contribution in [0.15, 0.2) is 54.9 Å². The number of rotatable bonds is 3. The second-order valence-electron chi connectivity index (χ2n) is 5.71. The van der Waals surface area contributed by atoms with Crippen molar-refractivity contribution < 1.29 is 13.2 Å². The molecule has 0 radical (unpaired) electrons. The molecule has 126 valence electrons. The Labute approximate surface area is 140 Å². The maximum absolute atomic E-state index is 12.8. The third-order valence-corrected chi connectivity index (χ3v) is 3.96. The quantitative estimate of drug-likeness (QED) is 0.565. The first-order valence-corrected chi connectivity index (χ1v) is 7.63. The van der Waals surface area contributed by atoms with Crippen LogP contribution in [0, 0.1) is 0 Å². The van der Waals surface area contributed by atoms with Crippen molar-refractivity contribution in [3.05, 3.63) is 66.0 Å². The van der Waals surface area contributed by atoms with E-state index in [9.17, 15) is 13.2 Å². The van der Waals surface area contributed by atoms with E-state index in [1.165, 1.54) is 12.3 Å². The molecule has 7 heteroatoms. The molecule has 4 nitrogen and oxygen atoms in total. The number of aromatic nitrogens is 3. The third kappa shape index (κ3) is 3.13. The molecule has 0 aliphatic heterocycles. The molecule has 2 N–H and O–H groups in total. The topological polar surface area (TPSA) is 53.6 Å². The molecule has 2 aromatic carbocycles. The Morgan fingerprint density at radius 1 is 1.00 bits per heavy atom. The van der Waals surface area contributed by atoms with Crippen molar-refractivity contribution in [1.82, 2.24) is 15.0 Å². The molecule has 0 fully saturated rings. The number of aromatic amines is 1. The van der Waals surface area contributed by atoms with Gasteiger partial charge in [0.2, 0.25) is 0 Å². The zero-order chi connectivity index (χ0) is 17.4. The summed E-state index contributed by atoms with van der Waals surface area (Å²) in [7, 11) is 0. The number of H-pyrrole nitrogens is 1. The van der Waals surface area contributed by atoms with Crippen LogP contribution in [-0.2, 0) is 12.7 Å². The second kappa shape index (κ2) is 5.77. The van der Waals surface area contributed by atoms with Gasteiger partial charge in [0.05, 0.1) is 22.8 Å². The number of nitrogens with zero attached hydrogens (tertiary/aromatic N) is 2. The molecule has 0 amide bonds. The smallest absolute Gasteiger partial charge is 0.365 e. The first-order chi connectivity index (χ1) is 12.0. The molecule has 0 atom stereocenters. The Bertz CT molecular complexity index is 1050. The molecule has 2 aromatic heterocycles. The predicted octanol–water partition coefficient (Wildman–Crippen LogP) is 4.74. The number of alkyl halides is 3. The van der Waals surface area contributed by atoms with E-state index in [1.54, 1.807) is 0 Å². The average Bonchev–Trinajstić information content (AvgIpc) is 3.06. The van der Waals surface area contributed by atoms with E-state index in [0.717, 1.165) is 28.6 Å². The lowest BCUT2D eigenvalue weighted by atomic mass is 10.1. The van der Waals surface area contributed by atoms with Crippen molar-refractivity contribution in [3.8, 4) is 0 Å². The fourth-order valence-corrected chi connectivity index (χ4v) is 2.67. The van der Waals surface area contributed by atoms with Crippen molar-refractivity contribution in [1.29, 1.82) is 0 Å². The van der Waals surface area contributed by atoms with Gasteiger partial charge in [-0.2, -0.15) is 13.2 Å². The van der Waals surface area contributed by atoms with Crippen LogP contribution in [0.5, 0.6) is 0 Å². The number of anilines is 1. The van der Waals surface area contributed by atoms with E-state index in [2.05, 4.69) is 20.3 Å². The minimum absolute atomic E-state index is 0.208. The van der Waals surface area contributed by atoms with Crippen LogP contribution in [0.4, 0.5) is 19.0 Å². The van der Waals surface area contributed by atoms with Crippen LogP contribution in [0.25, 0.3) is 21.9 Å². The number of nitrogens with one attached hydrogen (secondary N) is 2. The summed E-state index contributed by atoms with van der Waals surface area (Å²) in [6, 6.07) is 11.3. The van der Waals surface area contributed by atoms with Gasteiger partial charge in [0.15, 0.2) is 0 Å². The van der Waals surface area contributed by atoms with Crippen molar-refractivity contribution >= 4 is 27.8 Å². The molecule has 25 heavy (non-hydrogen) atoms. The minimum Gasteiger partial charge on any atom is -0.365 e. The lowest BCUT2D eigenvalue weighted by molar-refractivity contribution is -0.137. The van der Waals surface area contributed by atoms with Crippen molar-refractivity contribution in [2.45, 2.75) is 12.7 Å². The van der Waals surface area contributed by atoms with Crippen LogP contribution in [0.1, 0.15) is 11.1 Å². The van der Waals surface area contributed by atoms with E-state index in [4.69, 9.17) is 0 Å². The minimum atomic E-state index is -4.40. The molecule has 0 aliphatic rings. The molecule has 0 spiro atoms. The van der Waals surface area contributed by atoms with Crippen LogP contribution < -0.4 is 5.32 Å². The summed E-state index contributed by atoms with van der Waals surface area (Å²) in [6.07, 6.45) is -1.01. The maximum Gasteiger partial charge on any atom is 0.416 e. The van der Waals surface area contributed by atoms with Crippen molar-refractivity contribution in [2.24, 2.45) is 0 Å². The van der Waals surface area contributed by atoms with E-state index in [-0.39, 0.29) is 5.52 Å². The van der Waals surface area contributed by atoms with Gasteiger partial charge in [0.1, 0.15) is 5.82 Å². The molecular formula is C18H13F3N4. The predicted molar refractivity (Wildman–Crippen MR) is 90.2 cm³/mol. The van der Waals surface area contributed by atoms with Gasteiger partial charge in [-0.3, -0.25) is 4.98 Å². The Kier molecular flexibility index (Phi) is 3.56. The van der Waals surface area contributed by atoms with Crippen LogP contribution >= 0.6 is 0 Å². The summed E-state index contributed by atoms with van der Waals surface area (Å²) in [6.45, 7) is 0.494. The zero-order valence-electron chi connectivity index (χ0n) is 12.9. The molecule has 4 aromatic rings. The SMILES string of the molecule is FC(F)(F)c1ccc2ncc(NCc3ccc4cc[nH]c4c3)nc2c1. The molecule has 0 saturated heterocycles. The highest BCUT2D eigenvalue weighted by Gasteiger charge is 2.30. The van der Waals surface area contributed by atoms with Crippen molar-refractivity contribution in [3.63, 3.8) is 0 Å². The van der Waals surface area contributed by atoms with E-state index in [1.807, 2.05) is 30.5 Å². The number of hydrogen-bond donors (Lipinski definition) is 2. The monoisotopic (exact) mass is 342 g/mol. The maximum atomic E-state index is 12.8. The summed E-state index contributed by atoms with van der Waals surface area (Å²) in [5.41, 5.74) is 1.95. The van der Waals surface area contributed by atoms with Gasteiger partial charge >= 0.3 is 6.18 Å². The van der Waals surface area contributed by atoms with Gasteiger partial charge in [0, 0.05) is 18.3 Å². The standard InChI is InChI=1S/C18H13F3N4/c19-18(20,21)13-3-4-14-16(8-13)25-17(10-23-14)24-9-11-1-2-12-5-6-22-15(12)7-11/h1-8,10,22H,9H2,(H,24,25).